The van der Waals surface area contributed by atoms with E-state index in [1.54, 1.807) is 18.2 Å². The van der Waals surface area contributed by atoms with Crippen LogP contribution in [0, 0.1) is 0 Å². The fourth-order valence-electron chi connectivity index (χ4n) is 3.99. The minimum absolute atomic E-state index is 0.258. The number of alkyl halides is 2. The first kappa shape index (κ1) is 17.6. The topological polar surface area (TPSA) is 15.7 Å². The van der Waals surface area contributed by atoms with Gasteiger partial charge in [0.15, 0.2) is 0 Å². The standard InChI is InChI=1S/C19H28F2N2O/c20-19(21)24-18-8-5-6-16(14-18)15-23-12-2-1-7-17(23)9-13-22-10-3-4-11-22/h5-6,8,14,17,19H,1-4,7,9-13,15H2/t17-/m1/s1. The zero-order chi connectivity index (χ0) is 16.8. The number of rotatable bonds is 7. The predicted molar refractivity (Wildman–Crippen MR) is 91.4 cm³/mol. The Morgan fingerprint density at radius 3 is 2.67 bits per heavy atom. The molecular formula is C19H28F2N2O. The average molecular weight is 338 g/mol. The zero-order valence-electron chi connectivity index (χ0n) is 14.3. The van der Waals surface area contributed by atoms with Gasteiger partial charge >= 0.3 is 6.61 Å². The number of hydrogen-bond acceptors (Lipinski definition) is 3. The van der Waals surface area contributed by atoms with Crippen LogP contribution in [0.25, 0.3) is 0 Å². The molecule has 1 atom stereocenters. The number of halogens is 2. The van der Waals surface area contributed by atoms with E-state index < -0.39 is 6.61 Å². The van der Waals surface area contributed by atoms with Crippen molar-refractivity contribution in [3.8, 4) is 5.75 Å². The summed E-state index contributed by atoms with van der Waals surface area (Å²) in [5, 5.41) is 0. The quantitative estimate of drug-likeness (QED) is 0.743. The first-order chi connectivity index (χ1) is 11.7. The second-order valence-electron chi connectivity index (χ2n) is 6.98. The first-order valence-electron chi connectivity index (χ1n) is 9.21. The van der Waals surface area contributed by atoms with E-state index in [-0.39, 0.29) is 5.75 Å². The van der Waals surface area contributed by atoms with E-state index in [4.69, 9.17) is 0 Å². The first-order valence-corrected chi connectivity index (χ1v) is 9.21. The molecule has 24 heavy (non-hydrogen) atoms. The van der Waals surface area contributed by atoms with Gasteiger partial charge in [0.05, 0.1) is 0 Å². The highest BCUT2D eigenvalue weighted by Crippen LogP contribution is 2.24. The van der Waals surface area contributed by atoms with E-state index in [2.05, 4.69) is 14.5 Å². The summed E-state index contributed by atoms with van der Waals surface area (Å²) in [6.07, 6.45) is 7.67. The molecule has 0 aromatic heterocycles. The van der Waals surface area contributed by atoms with Crippen molar-refractivity contribution in [1.29, 1.82) is 0 Å². The highest BCUT2D eigenvalue weighted by atomic mass is 19.3. The molecule has 5 heteroatoms. The molecule has 0 saturated carbocycles. The van der Waals surface area contributed by atoms with Crippen molar-refractivity contribution in [1.82, 2.24) is 9.80 Å². The van der Waals surface area contributed by atoms with Gasteiger partial charge in [0.1, 0.15) is 5.75 Å². The van der Waals surface area contributed by atoms with Crippen LogP contribution in [0.3, 0.4) is 0 Å². The Labute approximate surface area is 143 Å². The van der Waals surface area contributed by atoms with Crippen molar-refractivity contribution in [2.24, 2.45) is 0 Å². The van der Waals surface area contributed by atoms with Gasteiger partial charge < -0.3 is 9.64 Å². The van der Waals surface area contributed by atoms with Crippen molar-refractivity contribution < 1.29 is 13.5 Å². The zero-order valence-corrected chi connectivity index (χ0v) is 14.3. The summed E-state index contributed by atoms with van der Waals surface area (Å²) in [5.41, 5.74) is 1.06. The van der Waals surface area contributed by atoms with E-state index in [9.17, 15) is 8.78 Å². The fraction of sp³-hybridized carbons (Fsp3) is 0.684. The Kier molecular flexibility index (Phi) is 6.44. The molecule has 0 aliphatic carbocycles. The Balaban J connectivity index is 1.56. The number of ether oxygens (including phenoxy) is 1. The van der Waals surface area contributed by atoms with E-state index in [1.165, 1.54) is 58.2 Å². The molecule has 0 spiro atoms. The highest BCUT2D eigenvalue weighted by Gasteiger charge is 2.23. The molecular weight excluding hydrogens is 310 g/mol. The van der Waals surface area contributed by atoms with Gasteiger partial charge in [-0.1, -0.05) is 18.6 Å². The molecule has 1 aromatic rings. The van der Waals surface area contributed by atoms with Gasteiger partial charge in [-0.3, -0.25) is 4.90 Å². The molecule has 3 rings (SSSR count). The molecule has 0 radical (unpaired) electrons. The van der Waals surface area contributed by atoms with Crippen LogP contribution in [0.2, 0.25) is 0 Å². The molecule has 0 bridgehead atoms. The maximum Gasteiger partial charge on any atom is 0.387 e. The van der Waals surface area contributed by atoms with E-state index in [0.29, 0.717) is 6.04 Å². The second-order valence-corrected chi connectivity index (χ2v) is 6.98. The summed E-state index contributed by atoms with van der Waals surface area (Å²) in [6, 6.07) is 7.76. The van der Waals surface area contributed by atoms with E-state index >= 15 is 0 Å². The van der Waals surface area contributed by atoms with Gasteiger partial charge in [-0.2, -0.15) is 8.78 Å². The third-order valence-electron chi connectivity index (χ3n) is 5.24. The molecule has 0 amide bonds. The summed E-state index contributed by atoms with van der Waals surface area (Å²) in [6.45, 7) is 2.86. The summed E-state index contributed by atoms with van der Waals surface area (Å²) in [4.78, 5) is 5.10. The monoisotopic (exact) mass is 338 g/mol. The molecule has 134 valence electrons. The number of nitrogens with zero attached hydrogens (tertiary/aromatic N) is 2. The molecule has 2 saturated heterocycles. The lowest BCUT2D eigenvalue weighted by molar-refractivity contribution is -0.0499. The lowest BCUT2D eigenvalue weighted by atomic mass is 9.98. The largest absolute Gasteiger partial charge is 0.435 e. The maximum atomic E-state index is 12.4. The van der Waals surface area contributed by atoms with Crippen LogP contribution in [0.1, 0.15) is 44.1 Å². The minimum atomic E-state index is -2.76. The third kappa shape index (κ3) is 5.15. The van der Waals surface area contributed by atoms with Crippen molar-refractivity contribution in [2.45, 2.75) is 57.7 Å². The minimum Gasteiger partial charge on any atom is -0.435 e. The Morgan fingerprint density at radius 2 is 1.88 bits per heavy atom. The molecule has 0 N–H and O–H groups in total. The number of piperidine rings is 1. The van der Waals surface area contributed by atoms with E-state index in [1.807, 2.05) is 6.07 Å². The molecule has 2 aliphatic heterocycles. The second kappa shape index (κ2) is 8.77. The molecule has 0 unspecified atom stereocenters. The summed E-state index contributed by atoms with van der Waals surface area (Å²) in [7, 11) is 0. The van der Waals surface area contributed by atoms with Crippen LogP contribution in [-0.4, -0.2) is 48.6 Å². The van der Waals surface area contributed by atoms with E-state index in [0.717, 1.165) is 18.7 Å². The fourth-order valence-corrected chi connectivity index (χ4v) is 3.99. The summed E-state index contributed by atoms with van der Waals surface area (Å²) >= 11 is 0. The summed E-state index contributed by atoms with van der Waals surface area (Å²) < 4.78 is 29.3. The molecule has 3 nitrogen and oxygen atoms in total. The predicted octanol–water partition coefficient (Wildman–Crippen LogP) is 4.13. The van der Waals surface area contributed by atoms with Gasteiger partial charge in [-0.15, -0.1) is 0 Å². The Bertz CT molecular complexity index is 506. The van der Waals surface area contributed by atoms with Gasteiger partial charge in [-0.25, -0.2) is 0 Å². The lowest BCUT2D eigenvalue weighted by Gasteiger charge is -2.36. The van der Waals surface area contributed by atoms with Crippen LogP contribution in [0.5, 0.6) is 5.75 Å². The molecule has 2 fully saturated rings. The van der Waals surface area contributed by atoms with Crippen molar-refractivity contribution in [3.63, 3.8) is 0 Å². The van der Waals surface area contributed by atoms with Gasteiger partial charge in [0.2, 0.25) is 0 Å². The Morgan fingerprint density at radius 1 is 1.08 bits per heavy atom. The van der Waals surface area contributed by atoms with Crippen molar-refractivity contribution >= 4 is 0 Å². The van der Waals surface area contributed by atoms with Crippen LogP contribution < -0.4 is 4.74 Å². The smallest absolute Gasteiger partial charge is 0.387 e. The lowest BCUT2D eigenvalue weighted by Crippen LogP contribution is -2.40. The van der Waals surface area contributed by atoms with Gasteiger partial charge in [-0.05, 0) is 76.0 Å². The summed E-state index contributed by atoms with van der Waals surface area (Å²) in [5.74, 6) is 0.258. The van der Waals surface area contributed by atoms with Gasteiger partial charge in [0.25, 0.3) is 0 Å². The van der Waals surface area contributed by atoms with Crippen LogP contribution in [0.15, 0.2) is 24.3 Å². The maximum absolute atomic E-state index is 12.4. The van der Waals surface area contributed by atoms with Crippen LogP contribution in [-0.2, 0) is 6.54 Å². The van der Waals surface area contributed by atoms with Crippen molar-refractivity contribution in [2.75, 3.05) is 26.2 Å². The normalized spacial score (nSPS) is 23.0. The molecule has 2 heterocycles. The molecule has 1 aromatic carbocycles. The highest BCUT2D eigenvalue weighted by molar-refractivity contribution is 5.28. The Hall–Kier alpha value is -1.20. The average Bonchev–Trinajstić information content (AvgIpc) is 3.07. The SMILES string of the molecule is FC(F)Oc1cccc(CN2CCCC[C@@H]2CCN2CCCC2)c1. The van der Waals surface area contributed by atoms with Crippen LogP contribution >= 0.6 is 0 Å². The number of benzene rings is 1. The molecule has 2 aliphatic rings. The third-order valence-corrected chi connectivity index (χ3v) is 5.24. The van der Waals surface area contributed by atoms with Crippen molar-refractivity contribution in [3.05, 3.63) is 29.8 Å². The van der Waals surface area contributed by atoms with Gasteiger partial charge in [0, 0.05) is 12.6 Å². The number of hydrogen-bond donors (Lipinski definition) is 0. The number of likely N-dealkylation sites (tertiary alicyclic amines) is 2. The van der Waals surface area contributed by atoms with Crippen LogP contribution in [0.4, 0.5) is 8.78 Å².